The summed E-state index contributed by atoms with van der Waals surface area (Å²) in [4.78, 5) is 4.34. The lowest BCUT2D eigenvalue weighted by Gasteiger charge is -2.15. The van der Waals surface area contributed by atoms with Crippen LogP contribution in [0.4, 0.5) is 0 Å². The van der Waals surface area contributed by atoms with E-state index in [1.54, 1.807) is 0 Å². The van der Waals surface area contributed by atoms with E-state index in [9.17, 15) is 0 Å². The molecule has 2 heteroatoms. The standard InChI is InChI=1S/C10H15NO/c1-3-11-9-7-5-6-8-10(9)12-4-2/h5-8,10H,3-4H2,1-2H3. The minimum atomic E-state index is 0.0694. The molecule has 2 nitrogen and oxygen atoms in total. The van der Waals surface area contributed by atoms with Gasteiger partial charge in [-0.3, -0.25) is 4.99 Å². The van der Waals surface area contributed by atoms with Crippen LogP contribution in [0, 0.1) is 0 Å². The van der Waals surface area contributed by atoms with Crippen LogP contribution in [-0.4, -0.2) is 25.0 Å². The van der Waals surface area contributed by atoms with Gasteiger partial charge in [0.2, 0.25) is 0 Å². The molecular weight excluding hydrogens is 150 g/mol. The summed E-state index contributed by atoms with van der Waals surface area (Å²) < 4.78 is 5.48. The number of nitrogens with zero attached hydrogens (tertiary/aromatic N) is 1. The van der Waals surface area contributed by atoms with Crippen molar-refractivity contribution in [1.29, 1.82) is 0 Å². The third-order valence-corrected chi connectivity index (χ3v) is 1.64. The summed E-state index contributed by atoms with van der Waals surface area (Å²) in [6.45, 7) is 5.57. The third-order valence-electron chi connectivity index (χ3n) is 1.64. The maximum atomic E-state index is 5.48. The van der Waals surface area contributed by atoms with Crippen LogP contribution in [0.3, 0.4) is 0 Å². The molecule has 0 aromatic heterocycles. The Morgan fingerprint density at radius 2 is 2.25 bits per heavy atom. The lowest BCUT2D eigenvalue weighted by atomic mass is 10.1. The van der Waals surface area contributed by atoms with Crippen molar-refractivity contribution in [2.45, 2.75) is 20.0 Å². The molecule has 0 aliphatic heterocycles. The van der Waals surface area contributed by atoms with E-state index in [0.717, 1.165) is 18.9 Å². The number of hydrogen-bond donors (Lipinski definition) is 0. The predicted molar refractivity (Wildman–Crippen MR) is 51.7 cm³/mol. The zero-order chi connectivity index (χ0) is 8.81. The number of allylic oxidation sites excluding steroid dienone is 2. The van der Waals surface area contributed by atoms with E-state index >= 15 is 0 Å². The van der Waals surface area contributed by atoms with Crippen LogP contribution in [0.15, 0.2) is 29.3 Å². The maximum Gasteiger partial charge on any atom is 0.117 e. The number of rotatable bonds is 3. The van der Waals surface area contributed by atoms with Crippen LogP contribution in [0.1, 0.15) is 13.8 Å². The molecule has 1 aliphatic carbocycles. The molecule has 0 spiro atoms. The Kier molecular flexibility index (Phi) is 3.74. The Labute approximate surface area is 73.6 Å². The minimum absolute atomic E-state index is 0.0694. The Morgan fingerprint density at radius 1 is 1.42 bits per heavy atom. The molecule has 0 bridgehead atoms. The van der Waals surface area contributed by atoms with Gasteiger partial charge in [0.1, 0.15) is 6.10 Å². The van der Waals surface area contributed by atoms with Gasteiger partial charge in [0.05, 0.1) is 5.71 Å². The summed E-state index contributed by atoms with van der Waals surface area (Å²) >= 11 is 0. The van der Waals surface area contributed by atoms with Gasteiger partial charge in [0.15, 0.2) is 0 Å². The highest BCUT2D eigenvalue weighted by Gasteiger charge is 2.11. The average Bonchev–Trinajstić information content (AvgIpc) is 2.09. The first-order valence-electron chi connectivity index (χ1n) is 4.39. The van der Waals surface area contributed by atoms with Crippen LogP contribution >= 0.6 is 0 Å². The molecule has 1 rings (SSSR count). The van der Waals surface area contributed by atoms with Gasteiger partial charge in [-0.05, 0) is 26.0 Å². The topological polar surface area (TPSA) is 21.6 Å². The van der Waals surface area contributed by atoms with Gasteiger partial charge in [-0.15, -0.1) is 0 Å². The Bertz CT molecular complexity index is 216. The molecule has 0 radical (unpaired) electrons. The second-order valence-electron chi connectivity index (χ2n) is 2.52. The summed E-state index contributed by atoms with van der Waals surface area (Å²) in [6.07, 6.45) is 8.08. The first-order valence-corrected chi connectivity index (χ1v) is 4.39. The fourth-order valence-electron chi connectivity index (χ4n) is 1.16. The normalized spacial score (nSPS) is 25.2. The Balaban J connectivity index is 2.64. The molecule has 0 heterocycles. The highest BCUT2D eigenvalue weighted by molar-refractivity contribution is 6.01. The minimum Gasteiger partial charge on any atom is -0.368 e. The Hall–Kier alpha value is -0.890. The van der Waals surface area contributed by atoms with Crippen molar-refractivity contribution < 1.29 is 4.74 Å². The summed E-state index contributed by atoms with van der Waals surface area (Å²) in [6, 6.07) is 0. The van der Waals surface area contributed by atoms with Gasteiger partial charge < -0.3 is 4.74 Å². The molecule has 1 unspecified atom stereocenters. The molecule has 0 aromatic rings. The highest BCUT2D eigenvalue weighted by atomic mass is 16.5. The quantitative estimate of drug-likeness (QED) is 0.626. The largest absolute Gasteiger partial charge is 0.368 e. The molecular formula is C10H15NO. The smallest absolute Gasteiger partial charge is 0.117 e. The van der Waals surface area contributed by atoms with Gasteiger partial charge in [0, 0.05) is 13.2 Å². The fraction of sp³-hybridized carbons (Fsp3) is 0.500. The molecule has 0 saturated heterocycles. The number of aliphatic imine (C=N–C) groups is 1. The van der Waals surface area contributed by atoms with Crippen molar-refractivity contribution in [3.05, 3.63) is 24.3 Å². The second kappa shape index (κ2) is 4.88. The van der Waals surface area contributed by atoms with Crippen molar-refractivity contribution in [2.24, 2.45) is 4.99 Å². The lowest BCUT2D eigenvalue weighted by molar-refractivity contribution is 0.140. The van der Waals surface area contributed by atoms with Crippen molar-refractivity contribution in [2.75, 3.05) is 13.2 Å². The van der Waals surface area contributed by atoms with E-state index in [0.29, 0.717) is 0 Å². The Morgan fingerprint density at radius 3 is 2.92 bits per heavy atom. The zero-order valence-corrected chi connectivity index (χ0v) is 7.66. The van der Waals surface area contributed by atoms with Gasteiger partial charge in [-0.2, -0.15) is 0 Å². The van der Waals surface area contributed by atoms with Gasteiger partial charge in [-0.1, -0.05) is 12.2 Å². The van der Waals surface area contributed by atoms with E-state index in [-0.39, 0.29) is 6.10 Å². The van der Waals surface area contributed by atoms with Crippen LogP contribution < -0.4 is 0 Å². The summed E-state index contributed by atoms with van der Waals surface area (Å²) in [5.41, 5.74) is 1.03. The highest BCUT2D eigenvalue weighted by Crippen LogP contribution is 2.05. The average molecular weight is 165 g/mol. The van der Waals surface area contributed by atoms with E-state index in [1.807, 2.05) is 38.2 Å². The van der Waals surface area contributed by atoms with E-state index in [2.05, 4.69) is 4.99 Å². The number of ether oxygens (including phenoxy) is 1. The second-order valence-corrected chi connectivity index (χ2v) is 2.52. The monoisotopic (exact) mass is 165 g/mol. The maximum absolute atomic E-state index is 5.48. The lowest BCUT2D eigenvalue weighted by Crippen LogP contribution is -2.22. The summed E-state index contributed by atoms with van der Waals surface area (Å²) in [7, 11) is 0. The number of hydrogen-bond acceptors (Lipinski definition) is 2. The van der Waals surface area contributed by atoms with Gasteiger partial charge in [0.25, 0.3) is 0 Å². The molecule has 0 amide bonds. The molecule has 12 heavy (non-hydrogen) atoms. The van der Waals surface area contributed by atoms with Crippen LogP contribution in [0.2, 0.25) is 0 Å². The predicted octanol–water partition coefficient (Wildman–Crippen LogP) is 1.98. The van der Waals surface area contributed by atoms with Crippen molar-refractivity contribution in [3.63, 3.8) is 0 Å². The zero-order valence-electron chi connectivity index (χ0n) is 7.66. The van der Waals surface area contributed by atoms with Crippen molar-refractivity contribution in [1.82, 2.24) is 0 Å². The van der Waals surface area contributed by atoms with Crippen LogP contribution in [-0.2, 0) is 4.74 Å². The van der Waals surface area contributed by atoms with Gasteiger partial charge in [-0.25, -0.2) is 0 Å². The molecule has 1 aliphatic rings. The summed E-state index contributed by atoms with van der Waals surface area (Å²) in [5, 5.41) is 0. The molecule has 0 aromatic carbocycles. The van der Waals surface area contributed by atoms with E-state index in [1.165, 1.54) is 0 Å². The van der Waals surface area contributed by atoms with Crippen molar-refractivity contribution in [3.8, 4) is 0 Å². The van der Waals surface area contributed by atoms with E-state index < -0.39 is 0 Å². The first-order chi connectivity index (χ1) is 5.88. The van der Waals surface area contributed by atoms with Crippen LogP contribution in [0.25, 0.3) is 0 Å². The fourth-order valence-corrected chi connectivity index (χ4v) is 1.16. The summed E-state index contributed by atoms with van der Waals surface area (Å²) in [5.74, 6) is 0. The van der Waals surface area contributed by atoms with E-state index in [4.69, 9.17) is 4.74 Å². The third kappa shape index (κ3) is 2.31. The molecule has 0 fully saturated rings. The van der Waals surface area contributed by atoms with Gasteiger partial charge >= 0.3 is 0 Å². The molecule has 66 valence electrons. The molecule has 0 saturated carbocycles. The first kappa shape index (κ1) is 9.20. The molecule has 0 N–H and O–H groups in total. The SMILES string of the molecule is CCN=C1C=CC=CC1OCC. The van der Waals surface area contributed by atoms with Crippen molar-refractivity contribution >= 4 is 5.71 Å². The van der Waals surface area contributed by atoms with Crippen LogP contribution in [0.5, 0.6) is 0 Å². The molecule has 1 atom stereocenters.